The molecule has 1 unspecified atom stereocenters. The molecule has 0 fully saturated rings. The van der Waals surface area contributed by atoms with Gasteiger partial charge in [-0.2, -0.15) is 0 Å². The van der Waals surface area contributed by atoms with Gasteiger partial charge in [0.05, 0.1) is 16.1 Å². The van der Waals surface area contributed by atoms with Gasteiger partial charge in [-0.15, -0.1) is 0 Å². The number of aliphatic hydroxyl groups excluding tert-OH is 1. The van der Waals surface area contributed by atoms with Crippen LogP contribution in [0.5, 0.6) is 0 Å². The van der Waals surface area contributed by atoms with E-state index < -0.39 is 0 Å². The van der Waals surface area contributed by atoms with Crippen molar-refractivity contribution in [3.8, 4) is 0 Å². The first-order valence-electron chi connectivity index (χ1n) is 5.51. The van der Waals surface area contributed by atoms with E-state index in [9.17, 15) is 5.11 Å². The fourth-order valence-corrected chi connectivity index (χ4v) is 2.47. The van der Waals surface area contributed by atoms with Crippen molar-refractivity contribution >= 4 is 28.8 Å². The molecule has 0 amide bonds. The van der Waals surface area contributed by atoms with E-state index in [-0.39, 0.29) is 6.10 Å². The molecule has 1 nitrogen and oxygen atoms in total. The van der Waals surface area contributed by atoms with E-state index in [1.807, 2.05) is 18.2 Å². The van der Waals surface area contributed by atoms with E-state index in [1.165, 1.54) is 0 Å². The van der Waals surface area contributed by atoms with Crippen LogP contribution >= 0.6 is 23.2 Å². The van der Waals surface area contributed by atoms with Crippen molar-refractivity contribution in [2.24, 2.45) is 0 Å². The SMILES string of the molecule is OC1C=C(c2cccc(Cl)c2Cl)CCCC1. The van der Waals surface area contributed by atoms with E-state index in [0.717, 1.165) is 36.8 Å². The molecule has 0 spiro atoms. The Kier molecular flexibility index (Phi) is 3.91. The van der Waals surface area contributed by atoms with Crippen molar-refractivity contribution in [1.29, 1.82) is 0 Å². The average Bonchev–Trinajstić information content (AvgIpc) is 2.47. The van der Waals surface area contributed by atoms with Crippen molar-refractivity contribution < 1.29 is 5.11 Å². The van der Waals surface area contributed by atoms with E-state index in [4.69, 9.17) is 23.2 Å². The zero-order valence-corrected chi connectivity index (χ0v) is 10.4. The van der Waals surface area contributed by atoms with Crippen molar-refractivity contribution in [1.82, 2.24) is 0 Å². The van der Waals surface area contributed by atoms with Gasteiger partial charge in [0.2, 0.25) is 0 Å². The van der Waals surface area contributed by atoms with E-state index in [1.54, 1.807) is 6.07 Å². The van der Waals surface area contributed by atoms with E-state index in [2.05, 4.69) is 0 Å². The molecule has 3 heteroatoms. The van der Waals surface area contributed by atoms with Gasteiger partial charge in [-0.1, -0.05) is 47.8 Å². The minimum atomic E-state index is -0.354. The minimum Gasteiger partial charge on any atom is -0.389 e. The second-order valence-electron chi connectivity index (χ2n) is 4.11. The summed E-state index contributed by atoms with van der Waals surface area (Å²) in [6.07, 6.45) is 5.49. The second-order valence-corrected chi connectivity index (χ2v) is 4.89. The molecule has 0 saturated carbocycles. The molecule has 0 radical (unpaired) electrons. The second kappa shape index (κ2) is 5.22. The van der Waals surface area contributed by atoms with Crippen LogP contribution in [0.15, 0.2) is 24.3 Å². The Hall–Kier alpha value is -0.500. The molecule has 0 aliphatic heterocycles. The largest absolute Gasteiger partial charge is 0.389 e. The van der Waals surface area contributed by atoms with Crippen molar-refractivity contribution in [2.45, 2.75) is 31.8 Å². The van der Waals surface area contributed by atoms with Gasteiger partial charge in [0.15, 0.2) is 0 Å². The summed E-state index contributed by atoms with van der Waals surface area (Å²) < 4.78 is 0. The molecule has 1 atom stereocenters. The molecule has 0 aromatic heterocycles. The molecule has 0 saturated heterocycles. The highest BCUT2D eigenvalue weighted by Gasteiger charge is 2.14. The molecule has 1 aromatic carbocycles. The number of halogens is 2. The Morgan fingerprint density at radius 3 is 2.81 bits per heavy atom. The third kappa shape index (κ3) is 2.60. The van der Waals surface area contributed by atoms with Crippen LogP contribution in [-0.2, 0) is 0 Å². The van der Waals surface area contributed by atoms with Crippen molar-refractivity contribution in [3.63, 3.8) is 0 Å². The fourth-order valence-electron chi connectivity index (χ4n) is 2.04. The Morgan fingerprint density at radius 2 is 2.00 bits per heavy atom. The Balaban J connectivity index is 2.38. The van der Waals surface area contributed by atoms with Gasteiger partial charge in [0, 0.05) is 0 Å². The first-order valence-corrected chi connectivity index (χ1v) is 6.27. The summed E-state index contributed by atoms with van der Waals surface area (Å²) in [4.78, 5) is 0. The van der Waals surface area contributed by atoms with Crippen LogP contribution in [0.25, 0.3) is 5.57 Å². The molecular weight excluding hydrogens is 243 g/mol. The molecule has 16 heavy (non-hydrogen) atoms. The third-order valence-electron chi connectivity index (χ3n) is 2.89. The fraction of sp³-hybridized carbons (Fsp3) is 0.385. The highest BCUT2D eigenvalue weighted by molar-refractivity contribution is 6.43. The average molecular weight is 257 g/mol. The molecule has 0 heterocycles. The molecule has 86 valence electrons. The van der Waals surface area contributed by atoms with Crippen LogP contribution in [0.4, 0.5) is 0 Å². The zero-order chi connectivity index (χ0) is 11.5. The Bertz CT molecular complexity index is 412. The minimum absolute atomic E-state index is 0.354. The molecule has 1 aliphatic rings. The van der Waals surface area contributed by atoms with Crippen LogP contribution in [0.2, 0.25) is 10.0 Å². The van der Waals surface area contributed by atoms with Crippen molar-refractivity contribution in [3.05, 3.63) is 39.9 Å². The summed E-state index contributed by atoms with van der Waals surface area (Å²) >= 11 is 12.2. The maximum Gasteiger partial charge on any atom is 0.0726 e. The normalized spacial score (nSPS) is 21.4. The van der Waals surface area contributed by atoms with Gasteiger partial charge in [0.1, 0.15) is 0 Å². The number of hydrogen-bond donors (Lipinski definition) is 1. The van der Waals surface area contributed by atoms with Crippen LogP contribution < -0.4 is 0 Å². The molecule has 2 rings (SSSR count). The van der Waals surface area contributed by atoms with Gasteiger partial charge in [0.25, 0.3) is 0 Å². The number of benzene rings is 1. The lowest BCUT2D eigenvalue weighted by atomic mass is 10.0. The number of allylic oxidation sites excluding steroid dienone is 1. The number of hydrogen-bond acceptors (Lipinski definition) is 1. The van der Waals surface area contributed by atoms with Crippen LogP contribution in [-0.4, -0.2) is 11.2 Å². The smallest absolute Gasteiger partial charge is 0.0726 e. The first kappa shape index (κ1) is 12.0. The molecule has 0 bridgehead atoms. The summed E-state index contributed by atoms with van der Waals surface area (Å²) in [5.74, 6) is 0. The Morgan fingerprint density at radius 1 is 1.19 bits per heavy atom. The van der Waals surface area contributed by atoms with Crippen molar-refractivity contribution in [2.75, 3.05) is 0 Å². The summed E-state index contributed by atoms with van der Waals surface area (Å²) in [7, 11) is 0. The predicted molar refractivity (Wildman–Crippen MR) is 68.9 cm³/mol. The lowest BCUT2D eigenvalue weighted by molar-refractivity contribution is 0.211. The first-order chi connectivity index (χ1) is 7.68. The van der Waals surface area contributed by atoms with Crippen LogP contribution in [0.3, 0.4) is 0 Å². The van der Waals surface area contributed by atoms with Gasteiger partial charge >= 0.3 is 0 Å². The van der Waals surface area contributed by atoms with Gasteiger partial charge < -0.3 is 5.11 Å². The lowest BCUT2D eigenvalue weighted by Crippen LogP contribution is -2.00. The highest BCUT2D eigenvalue weighted by Crippen LogP contribution is 2.34. The number of aliphatic hydroxyl groups is 1. The topological polar surface area (TPSA) is 20.2 Å². The molecule has 1 aromatic rings. The predicted octanol–water partition coefficient (Wildman–Crippen LogP) is 4.31. The van der Waals surface area contributed by atoms with E-state index >= 15 is 0 Å². The standard InChI is InChI=1S/C13H14Cl2O/c14-12-7-3-6-11(13(12)15)9-4-1-2-5-10(16)8-9/h3,6-8,10,16H,1-2,4-5H2. The summed E-state index contributed by atoms with van der Waals surface area (Å²) in [6, 6.07) is 5.63. The molecular formula is C13H14Cl2O. The van der Waals surface area contributed by atoms with Gasteiger partial charge in [-0.25, -0.2) is 0 Å². The third-order valence-corrected chi connectivity index (χ3v) is 3.71. The van der Waals surface area contributed by atoms with Crippen LogP contribution in [0, 0.1) is 0 Å². The van der Waals surface area contributed by atoms with Gasteiger partial charge in [-0.3, -0.25) is 0 Å². The highest BCUT2D eigenvalue weighted by atomic mass is 35.5. The maximum absolute atomic E-state index is 9.73. The number of rotatable bonds is 1. The lowest BCUT2D eigenvalue weighted by Gasteiger charge is -2.09. The monoisotopic (exact) mass is 256 g/mol. The van der Waals surface area contributed by atoms with E-state index in [0.29, 0.717) is 10.0 Å². The molecule has 1 N–H and O–H groups in total. The summed E-state index contributed by atoms with van der Waals surface area (Å²) in [6.45, 7) is 0. The Labute approximate surface area is 106 Å². The maximum atomic E-state index is 9.73. The molecule has 1 aliphatic carbocycles. The van der Waals surface area contributed by atoms with Crippen LogP contribution in [0.1, 0.15) is 31.2 Å². The summed E-state index contributed by atoms with van der Waals surface area (Å²) in [5, 5.41) is 10.9. The quantitative estimate of drug-likeness (QED) is 0.794. The zero-order valence-electron chi connectivity index (χ0n) is 8.92. The summed E-state index contributed by atoms with van der Waals surface area (Å²) in [5.41, 5.74) is 2.06. The van der Waals surface area contributed by atoms with Gasteiger partial charge in [-0.05, 0) is 36.5 Å².